The Morgan fingerprint density at radius 2 is 1.54 bits per heavy atom. The van der Waals surface area contributed by atoms with Crippen molar-refractivity contribution in [3.8, 4) is 5.75 Å². The molecule has 432 valence electrons. The maximum absolute atomic E-state index is 15.0. The van der Waals surface area contributed by atoms with E-state index in [1.807, 2.05) is 0 Å². The lowest BCUT2D eigenvalue weighted by atomic mass is 9.93. The topological polar surface area (TPSA) is 408 Å². The SMILES string of the molecule is CC[C@H](C)[C@@H]1NC(=O)CNC(=O)C2Cc3c([nH]c4cc(OCCCCCCNC(=O)OC(C)(C)C)ccc34)[S@@](=O)CC(NC(=O)CNC1=O)C(=O)N[C@@H](CC(N)=O)C(=O)N1CC(O)C[C@H]1C(=O)N[C@@H]([C@@H](C)[C@@H](O)CO)C(=O)N2. The molecule has 1 aromatic carbocycles. The summed E-state index contributed by atoms with van der Waals surface area (Å²) < 4.78 is 26.3. The van der Waals surface area contributed by atoms with Crippen LogP contribution in [0.25, 0.3) is 10.9 Å². The fraction of sp³-hybridized carbons (Fsp3) is 0.640. The van der Waals surface area contributed by atoms with Gasteiger partial charge in [-0.1, -0.05) is 40.0 Å². The number of nitrogens with one attached hydrogen (secondary N) is 9. The van der Waals surface area contributed by atoms with E-state index in [-0.39, 0.29) is 17.2 Å². The molecule has 2 bridgehead atoms. The normalized spacial score (nSPS) is 25.6. The molecule has 2 aromatic rings. The van der Waals surface area contributed by atoms with E-state index in [4.69, 9.17) is 15.2 Å². The number of carbonyl (C=O) groups excluding carboxylic acids is 10. The predicted octanol–water partition coefficient (Wildman–Crippen LogP) is -3.16. The molecule has 3 unspecified atom stereocenters. The first-order chi connectivity index (χ1) is 36.8. The van der Waals surface area contributed by atoms with Crippen molar-refractivity contribution in [1.29, 1.82) is 0 Å². The molecule has 10 amide bonds. The summed E-state index contributed by atoms with van der Waals surface area (Å²) in [6.45, 7) is 7.77. The van der Waals surface area contributed by atoms with Crippen molar-refractivity contribution < 1.29 is 76.9 Å². The Bertz CT molecular complexity index is 2570. The summed E-state index contributed by atoms with van der Waals surface area (Å²) in [7, 11) is -2.39. The Balaban J connectivity index is 1.62. The van der Waals surface area contributed by atoms with Crippen LogP contribution < -0.4 is 53.0 Å². The van der Waals surface area contributed by atoms with Gasteiger partial charge < -0.3 is 82.9 Å². The van der Waals surface area contributed by atoms with Gasteiger partial charge in [-0.15, -0.1) is 0 Å². The lowest BCUT2D eigenvalue weighted by Crippen LogP contribution is -2.62. The summed E-state index contributed by atoms with van der Waals surface area (Å²) in [4.78, 5) is 142. The third-order valence-corrected chi connectivity index (χ3v) is 15.0. The first-order valence-electron chi connectivity index (χ1n) is 26.0. The minimum Gasteiger partial charge on any atom is -0.494 e. The Hall–Kier alpha value is -6.91. The number of H-pyrrole nitrogens is 1. The number of aromatic nitrogens is 1. The average molecular weight is 1120 g/mol. The molecule has 27 nitrogen and oxygen atoms in total. The Morgan fingerprint density at radius 1 is 0.859 bits per heavy atom. The molecule has 3 aliphatic rings. The summed E-state index contributed by atoms with van der Waals surface area (Å²) in [5, 5.41) is 52.0. The summed E-state index contributed by atoms with van der Waals surface area (Å²) in [5.74, 6) is -11.4. The first kappa shape index (κ1) is 61.9. The lowest BCUT2D eigenvalue weighted by molar-refractivity contribution is -0.144. The first-order valence-corrected chi connectivity index (χ1v) is 27.4. The zero-order chi connectivity index (χ0) is 57.6. The smallest absolute Gasteiger partial charge is 0.407 e. The van der Waals surface area contributed by atoms with Gasteiger partial charge in [0.15, 0.2) is 0 Å². The van der Waals surface area contributed by atoms with Crippen molar-refractivity contribution in [3.63, 3.8) is 0 Å². The van der Waals surface area contributed by atoms with E-state index in [1.54, 1.807) is 52.8 Å². The van der Waals surface area contributed by atoms with Crippen molar-refractivity contribution in [1.82, 2.24) is 52.4 Å². The van der Waals surface area contributed by atoms with Crippen molar-refractivity contribution >= 4 is 81.0 Å². The Morgan fingerprint density at radius 3 is 2.21 bits per heavy atom. The molecule has 3 aliphatic heterocycles. The highest BCUT2D eigenvalue weighted by Crippen LogP contribution is 2.31. The predicted molar refractivity (Wildman–Crippen MR) is 279 cm³/mol. The number of ether oxygens (including phenoxy) is 2. The number of rotatable bonds is 15. The van der Waals surface area contributed by atoms with Crippen LogP contribution >= 0.6 is 0 Å². The van der Waals surface area contributed by atoms with E-state index < -0.39 is 187 Å². The number of unbranched alkanes of at least 4 members (excludes halogenated alkanes) is 3. The second kappa shape index (κ2) is 28.1. The number of nitrogens with two attached hydrogens (primary N) is 1. The van der Waals surface area contributed by atoms with Crippen LogP contribution in [0.5, 0.6) is 5.75 Å². The van der Waals surface area contributed by atoms with E-state index in [0.29, 0.717) is 42.5 Å². The molecule has 78 heavy (non-hydrogen) atoms. The number of amides is 10. The fourth-order valence-electron chi connectivity index (χ4n) is 9.06. The van der Waals surface area contributed by atoms with Gasteiger partial charge in [0.25, 0.3) is 0 Å². The van der Waals surface area contributed by atoms with Crippen LogP contribution in [0.4, 0.5) is 4.79 Å². The van der Waals surface area contributed by atoms with Gasteiger partial charge in [0.2, 0.25) is 53.2 Å². The quantitative estimate of drug-likeness (QED) is 0.0783. The van der Waals surface area contributed by atoms with Gasteiger partial charge >= 0.3 is 6.09 Å². The second-order valence-corrected chi connectivity index (χ2v) is 22.3. The molecule has 11 atom stereocenters. The molecular weight excluding hydrogens is 1040 g/mol. The molecular formula is C50H75N11O16S. The lowest BCUT2D eigenvalue weighted by Gasteiger charge is -2.32. The van der Waals surface area contributed by atoms with Crippen LogP contribution in [-0.2, 0) is 65.1 Å². The molecule has 1 aromatic heterocycles. The molecule has 5 rings (SSSR count). The van der Waals surface area contributed by atoms with Crippen LogP contribution in [0.2, 0.25) is 0 Å². The van der Waals surface area contributed by atoms with Crippen LogP contribution in [0.15, 0.2) is 23.2 Å². The molecule has 1 fully saturated rings. The maximum Gasteiger partial charge on any atom is 0.407 e. The third kappa shape index (κ3) is 17.3. The monoisotopic (exact) mass is 1120 g/mol. The van der Waals surface area contributed by atoms with E-state index in [2.05, 4.69) is 47.5 Å². The molecule has 0 aliphatic carbocycles. The van der Waals surface area contributed by atoms with Crippen molar-refractivity contribution in [2.45, 2.75) is 152 Å². The average Bonchev–Trinajstić information content (AvgIpc) is 3.97. The van der Waals surface area contributed by atoms with Crippen molar-refractivity contribution in [2.75, 3.05) is 45.1 Å². The second-order valence-electron chi connectivity index (χ2n) is 20.8. The van der Waals surface area contributed by atoms with Gasteiger partial charge in [0.05, 0.1) is 67.0 Å². The number of hydrogen-bond donors (Lipinski definition) is 13. The van der Waals surface area contributed by atoms with Crippen molar-refractivity contribution in [3.05, 3.63) is 23.8 Å². The molecule has 0 radical (unpaired) electrons. The van der Waals surface area contributed by atoms with Crippen LogP contribution in [0.3, 0.4) is 0 Å². The van der Waals surface area contributed by atoms with Crippen LogP contribution in [-0.4, -0.2) is 188 Å². The molecule has 14 N–H and O–H groups in total. The number of aromatic amines is 1. The number of hydrogen-bond acceptors (Lipinski definition) is 16. The summed E-state index contributed by atoms with van der Waals surface area (Å²) >= 11 is 0. The van der Waals surface area contributed by atoms with E-state index in [9.17, 15) is 67.5 Å². The number of nitrogens with zero attached hydrogens (tertiary/aromatic N) is 1. The highest BCUT2D eigenvalue weighted by Gasteiger charge is 2.45. The molecule has 4 heterocycles. The Kier molecular flexibility index (Phi) is 22.3. The number of primary amides is 1. The van der Waals surface area contributed by atoms with Crippen LogP contribution in [0.1, 0.15) is 92.1 Å². The molecule has 0 spiro atoms. The van der Waals surface area contributed by atoms with Gasteiger partial charge in [0, 0.05) is 43.3 Å². The standard InChI is InChI=1S/C50H75N11O16S/c1-7-25(2)40-45(71)54-20-38(66)55-34-24-78(75)47-30(29-13-12-28(17-31(29)58-47)76-15-11-9-8-10-14-52-49(74)77-50(4,5)6)18-32(42(68)53-21-39(67)59-40)56-46(72)41(26(3)36(64)23-62)60-44(70)35-16-27(63)22-61(35)48(73)33(19-37(51)65)57-43(34)69/h12-13,17,25-27,32-36,40-41,58,62-64H,7-11,14-16,18-24H2,1-6H3,(H2,51,65)(H,52,74)(H,53,68)(H,54,71)(H,55,66)(H,56,72)(H,57,69)(H,59,67)(H,60,70)/t25-,26-,27?,32?,33-,34?,35-,36-,40-,41-,78-/m0/s1. The number of fused-ring (bicyclic) bond motifs is 5. The summed E-state index contributed by atoms with van der Waals surface area (Å²) in [6, 6.07) is -5.23. The maximum atomic E-state index is 15.0. The molecule has 0 saturated carbocycles. The van der Waals surface area contributed by atoms with E-state index in [1.165, 1.54) is 6.92 Å². The number of alkyl carbamates (subject to hydrolysis) is 1. The fourth-order valence-corrected chi connectivity index (χ4v) is 10.5. The zero-order valence-electron chi connectivity index (χ0n) is 44.7. The van der Waals surface area contributed by atoms with Gasteiger partial charge in [0.1, 0.15) is 52.6 Å². The van der Waals surface area contributed by atoms with Gasteiger partial charge in [-0.3, -0.25) is 47.4 Å². The third-order valence-electron chi connectivity index (χ3n) is 13.5. The zero-order valence-corrected chi connectivity index (χ0v) is 45.5. The van der Waals surface area contributed by atoms with E-state index >= 15 is 0 Å². The number of benzene rings is 1. The summed E-state index contributed by atoms with van der Waals surface area (Å²) in [6.07, 6.45) is -2.11. The minimum absolute atomic E-state index is 0.123. The largest absolute Gasteiger partial charge is 0.494 e. The highest BCUT2D eigenvalue weighted by atomic mass is 32.2. The summed E-state index contributed by atoms with van der Waals surface area (Å²) in [5.41, 5.74) is 5.35. The van der Waals surface area contributed by atoms with Gasteiger partial charge in [-0.25, -0.2) is 4.79 Å². The van der Waals surface area contributed by atoms with E-state index in [0.717, 1.165) is 17.7 Å². The minimum atomic E-state index is -2.39. The molecule has 1 saturated heterocycles. The van der Waals surface area contributed by atoms with Gasteiger partial charge in [-0.05, 0) is 57.2 Å². The van der Waals surface area contributed by atoms with Crippen molar-refractivity contribution in [2.24, 2.45) is 17.6 Å². The highest BCUT2D eigenvalue weighted by molar-refractivity contribution is 7.85. The van der Waals surface area contributed by atoms with Crippen LogP contribution in [0, 0.1) is 11.8 Å². The Labute approximate surface area is 453 Å². The number of aliphatic hydroxyl groups is 3. The number of carbonyl (C=O) groups is 10. The van der Waals surface area contributed by atoms with Gasteiger partial charge in [-0.2, -0.15) is 0 Å². The molecule has 28 heteroatoms. The number of aliphatic hydroxyl groups excluding tert-OH is 3.